The first kappa shape index (κ1) is 20.3. The molecule has 2 heterocycles. The van der Waals surface area contributed by atoms with Crippen LogP contribution in [0.25, 0.3) is 5.52 Å². The zero-order valence-corrected chi connectivity index (χ0v) is 17.8. The third kappa shape index (κ3) is 3.89. The molecule has 0 aliphatic heterocycles. The lowest BCUT2D eigenvalue weighted by atomic mass is 9.75. The molecule has 2 aliphatic carbocycles. The molecule has 0 bridgehead atoms. The van der Waals surface area contributed by atoms with Crippen molar-refractivity contribution in [3.05, 3.63) is 71.3 Å². The lowest BCUT2D eigenvalue weighted by molar-refractivity contribution is 0.0884. The number of pyridine rings is 1. The first-order chi connectivity index (χ1) is 14.7. The Hall–Kier alpha value is -2.93. The summed E-state index contributed by atoms with van der Waals surface area (Å²) in [6.45, 7) is 4.00. The first-order valence-electron chi connectivity index (χ1n) is 11.2. The molecule has 5 rings (SSSR count). The molecule has 2 aliphatic rings. The highest BCUT2D eigenvalue weighted by Gasteiger charge is 2.34. The van der Waals surface area contributed by atoms with Crippen LogP contribution in [0.1, 0.15) is 91.3 Å². The van der Waals surface area contributed by atoms with Gasteiger partial charge < -0.3 is 4.40 Å². The van der Waals surface area contributed by atoms with E-state index in [1.807, 2.05) is 42.8 Å². The molecule has 2 saturated carbocycles. The highest BCUT2D eigenvalue weighted by molar-refractivity contribution is 6.05. The molecule has 0 amide bonds. The van der Waals surface area contributed by atoms with E-state index >= 15 is 0 Å². The first-order valence-corrected chi connectivity index (χ1v) is 11.2. The number of Topliss-reactive ketones (excluding diaryl/α,β-unsaturated/α-hetero) is 1. The molecule has 0 atom stereocenters. The van der Waals surface area contributed by atoms with E-state index in [0.29, 0.717) is 23.2 Å². The van der Waals surface area contributed by atoms with Gasteiger partial charge in [0.15, 0.2) is 5.78 Å². The van der Waals surface area contributed by atoms with Gasteiger partial charge in [0, 0.05) is 17.7 Å². The fraction of sp³-hybridized carbons (Fsp3) is 0.423. The minimum atomic E-state index is 0.105. The Balaban J connectivity index is 0.00000106. The molecule has 0 N–H and O–H groups in total. The van der Waals surface area contributed by atoms with E-state index in [-0.39, 0.29) is 5.92 Å². The number of ketones is 1. The third-order valence-electron chi connectivity index (χ3n) is 6.50. The standard InChI is InChI=1S/C24H23N3O.C2H6/c25-13-16-1-3-17(4-2-16)18-5-9-20(10-6-18)24(28)23-21(19-7-8-19)11-12-27-15-26-14-22(23)27;1-2/h1-4,11-12,14-15,18-20H,5-10H2;1-2H3. The Kier molecular flexibility index (Phi) is 5.99. The van der Waals surface area contributed by atoms with Gasteiger partial charge in [-0.25, -0.2) is 4.98 Å². The van der Waals surface area contributed by atoms with Gasteiger partial charge in [-0.1, -0.05) is 26.0 Å². The SMILES string of the molecule is CC.N#Cc1ccc(C2CCC(C(=O)c3c(C4CC4)ccn4cncc34)CC2)cc1. The molecule has 2 aromatic heterocycles. The predicted molar refractivity (Wildman–Crippen MR) is 119 cm³/mol. The molecule has 3 aromatic rings. The van der Waals surface area contributed by atoms with Crippen molar-refractivity contribution in [2.45, 2.75) is 64.2 Å². The van der Waals surface area contributed by atoms with Crippen molar-refractivity contribution in [1.82, 2.24) is 9.38 Å². The van der Waals surface area contributed by atoms with Crippen LogP contribution in [0.3, 0.4) is 0 Å². The van der Waals surface area contributed by atoms with Crippen LogP contribution >= 0.6 is 0 Å². The smallest absolute Gasteiger partial charge is 0.168 e. The summed E-state index contributed by atoms with van der Waals surface area (Å²) < 4.78 is 1.97. The quantitative estimate of drug-likeness (QED) is 0.486. The lowest BCUT2D eigenvalue weighted by Crippen LogP contribution is -2.23. The molecular formula is C26H29N3O. The van der Waals surface area contributed by atoms with Gasteiger partial charge in [-0.15, -0.1) is 0 Å². The molecule has 0 spiro atoms. The number of aromatic nitrogens is 2. The van der Waals surface area contributed by atoms with Gasteiger partial charge in [0.1, 0.15) is 0 Å². The Bertz CT molecular complexity index is 1060. The van der Waals surface area contributed by atoms with Crippen LogP contribution in [-0.2, 0) is 0 Å². The summed E-state index contributed by atoms with van der Waals surface area (Å²) in [4.78, 5) is 17.8. The van der Waals surface area contributed by atoms with E-state index in [2.05, 4.69) is 29.3 Å². The number of imidazole rings is 1. The van der Waals surface area contributed by atoms with Crippen molar-refractivity contribution in [3.8, 4) is 6.07 Å². The van der Waals surface area contributed by atoms with Crippen LogP contribution < -0.4 is 0 Å². The van der Waals surface area contributed by atoms with Crippen LogP contribution in [-0.4, -0.2) is 15.2 Å². The second kappa shape index (κ2) is 8.83. The number of hydrogen-bond acceptors (Lipinski definition) is 3. The molecular weight excluding hydrogens is 370 g/mol. The fourth-order valence-electron chi connectivity index (χ4n) is 4.73. The Morgan fingerprint density at radius 3 is 2.30 bits per heavy atom. The van der Waals surface area contributed by atoms with Gasteiger partial charge >= 0.3 is 0 Å². The van der Waals surface area contributed by atoms with E-state index in [9.17, 15) is 4.79 Å². The second-order valence-corrected chi connectivity index (χ2v) is 8.25. The number of carbonyl (C=O) groups is 1. The van der Waals surface area contributed by atoms with Gasteiger partial charge in [0.25, 0.3) is 0 Å². The number of benzene rings is 1. The van der Waals surface area contributed by atoms with Crippen LogP contribution in [0.2, 0.25) is 0 Å². The normalized spacial score (nSPS) is 20.8. The van der Waals surface area contributed by atoms with Gasteiger partial charge in [-0.3, -0.25) is 4.79 Å². The summed E-state index contributed by atoms with van der Waals surface area (Å²) in [5.74, 6) is 1.46. The van der Waals surface area contributed by atoms with Gasteiger partial charge in [0.2, 0.25) is 0 Å². The summed E-state index contributed by atoms with van der Waals surface area (Å²) in [6, 6.07) is 12.2. The molecule has 4 heteroatoms. The van der Waals surface area contributed by atoms with Crippen molar-refractivity contribution < 1.29 is 4.79 Å². The minimum absolute atomic E-state index is 0.105. The van der Waals surface area contributed by atoms with Crippen LogP contribution in [0, 0.1) is 17.2 Å². The van der Waals surface area contributed by atoms with Crippen LogP contribution in [0.15, 0.2) is 49.1 Å². The van der Waals surface area contributed by atoms with Gasteiger partial charge in [-0.2, -0.15) is 5.26 Å². The average molecular weight is 400 g/mol. The number of fused-ring (bicyclic) bond motifs is 1. The van der Waals surface area contributed by atoms with Gasteiger partial charge in [0.05, 0.1) is 29.7 Å². The molecule has 154 valence electrons. The van der Waals surface area contributed by atoms with E-state index in [1.165, 1.54) is 24.0 Å². The summed E-state index contributed by atoms with van der Waals surface area (Å²) in [6.07, 6.45) is 12.0. The highest BCUT2D eigenvalue weighted by Crippen LogP contribution is 2.44. The topological polar surface area (TPSA) is 58.2 Å². The summed E-state index contributed by atoms with van der Waals surface area (Å²) in [5.41, 5.74) is 5.11. The number of rotatable bonds is 4. The number of nitrogens with zero attached hydrogens (tertiary/aromatic N) is 3. The van der Waals surface area contributed by atoms with E-state index < -0.39 is 0 Å². The maximum Gasteiger partial charge on any atom is 0.168 e. The summed E-state index contributed by atoms with van der Waals surface area (Å²) in [7, 11) is 0. The zero-order chi connectivity index (χ0) is 21.1. The molecule has 0 unspecified atom stereocenters. The zero-order valence-electron chi connectivity index (χ0n) is 17.8. The van der Waals surface area contributed by atoms with Crippen molar-refractivity contribution in [3.63, 3.8) is 0 Å². The fourth-order valence-corrected chi connectivity index (χ4v) is 4.73. The minimum Gasteiger partial charge on any atom is -0.306 e. The van der Waals surface area contributed by atoms with Gasteiger partial charge in [-0.05, 0) is 79.7 Å². The summed E-state index contributed by atoms with van der Waals surface area (Å²) in [5, 5.41) is 8.97. The van der Waals surface area contributed by atoms with Crippen LogP contribution in [0.4, 0.5) is 0 Å². The number of carbonyl (C=O) groups excluding carboxylic acids is 1. The van der Waals surface area contributed by atoms with E-state index in [0.717, 1.165) is 36.8 Å². The summed E-state index contributed by atoms with van der Waals surface area (Å²) >= 11 is 0. The third-order valence-corrected chi connectivity index (χ3v) is 6.50. The van der Waals surface area contributed by atoms with Crippen molar-refractivity contribution in [2.75, 3.05) is 0 Å². The highest BCUT2D eigenvalue weighted by atomic mass is 16.1. The average Bonchev–Trinajstić information content (AvgIpc) is 3.56. The largest absolute Gasteiger partial charge is 0.306 e. The number of hydrogen-bond donors (Lipinski definition) is 0. The Morgan fingerprint density at radius 2 is 1.67 bits per heavy atom. The van der Waals surface area contributed by atoms with E-state index in [4.69, 9.17) is 5.26 Å². The molecule has 30 heavy (non-hydrogen) atoms. The number of nitriles is 1. The molecule has 2 fully saturated rings. The predicted octanol–water partition coefficient (Wildman–Crippen LogP) is 6.27. The lowest BCUT2D eigenvalue weighted by Gasteiger charge is -2.28. The van der Waals surface area contributed by atoms with E-state index in [1.54, 1.807) is 6.33 Å². The Labute approximate surface area is 178 Å². The molecule has 0 radical (unpaired) electrons. The van der Waals surface area contributed by atoms with Crippen molar-refractivity contribution in [1.29, 1.82) is 5.26 Å². The Morgan fingerprint density at radius 1 is 1.00 bits per heavy atom. The molecule has 0 saturated heterocycles. The monoisotopic (exact) mass is 399 g/mol. The molecule has 1 aromatic carbocycles. The maximum atomic E-state index is 13.5. The second-order valence-electron chi connectivity index (χ2n) is 8.25. The maximum absolute atomic E-state index is 13.5. The molecule has 4 nitrogen and oxygen atoms in total. The van der Waals surface area contributed by atoms with Crippen LogP contribution in [0.5, 0.6) is 0 Å². The van der Waals surface area contributed by atoms with Crippen molar-refractivity contribution >= 4 is 11.3 Å². The van der Waals surface area contributed by atoms with Crippen molar-refractivity contribution in [2.24, 2.45) is 5.92 Å².